The van der Waals surface area contributed by atoms with Crippen LogP contribution in [0.2, 0.25) is 0 Å². The zero-order chi connectivity index (χ0) is 16.1. The largest absolute Gasteiger partial charge is 0.461 e. The Hall–Kier alpha value is -2.70. The van der Waals surface area contributed by atoms with Gasteiger partial charge in [0.25, 0.3) is 0 Å². The molecule has 0 unspecified atom stereocenters. The Morgan fingerprint density at radius 3 is 2.36 bits per heavy atom. The van der Waals surface area contributed by atoms with Crippen LogP contribution in [-0.4, -0.2) is 40.1 Å². The second kappa shape index (κ2) is 6.84. The maximum Gasteiger partial charge on any atom is 0.361 e. The zero-order valence-corrected chi connectivity index (χ0v) is 12.7. The molecule has 7 heteroatoms. The number of carbonyl (C=O) groups is 2. The molecule has 1 heterocycles. The van der Waals surface area contributed by atoms with E-state index in [0.717, 1.165) is 5.56 Å². The summed E-state index contributed by atoms with van der Waals surface area (Å²) in [7, 11) is 0. The Kier molecular flexibility index (Phi) is 4.88. The molecule has 0 fully saturated rings. The number of esters is 2. The van der Waals surface area contributed by atoms with Crippen molar-refractivity contribution in [3.63, 3.8) is 0 Å². The number of hydrogen-bond donors (Lipinski definition) is 0. The lowest BCUT2D eigenvalue weighted by molar-refractivity contribution is 0.0469. The van der Waals surface area contributed by atoms with Crippen LogP contribution in [0.1, 0.15) is 40.4 Å². The SMILES string of the molecule is CCOC(=O)c1nnn(-c2ccccc2C)c1C(=O)OCC. The van der Waals surface area contributed by atoms with Crippen LogP contribution in [0.15, 0.2) is 24.3 Å². The van der Waals surface area contributed by atoms with E-state index in [2.05, 4.69) is 10.3 Å². The fourth-order valence-electron chi connectivity index (χ4n) is 1.97. The number of aryl methyl sites for hydroxylation is 1. The van der Waals surface area contributed by atoms with Crippen LogP contribution in [0.4, 0.5) is 0 Å². The van der Waals surface area contributed by atoms with Gasteiger partial charge in [0.15, 0.2) is 5.69 Å². The van der Waals surface area contributed by atoms with Crippen molar-refractivity contribution in [2.24, 2.45) is 0 Å². The molecule has 7 nitrogen and oxygen atoms in total. The van der Waals surface area contributed by atoms with Gasteiger partial charge in [-0.15, -0.1) is 5.10 Å². The van der Waals surface area contributed by atoms with Gasteiger partial charge in [-0.2, -0.15) is 0 Å². The van der Waals surface area contributed by atoms with Gasteiger partial charge in [0.2, 0.25) is 5.69 Å². The van der Waals surface area contributed by atoms with E-state index in [-0.39, 0.29) is 24.6 Å². The van der Waals surface area contributed by atoms with Gasteiger partial charge in [-0.25, -0.2) is 14.3 Å². The molecule has 0 amide bonds. The minimum Gasteiger partial charge on any atom is -0.461 e. The molecule has 2 aromatic rings. The molecule has 0 saturated heterocycles. The predicted molar refractivity (Wildman–Crippen MR) is 78.0 cm³/mol. The van der Waals surface area contributed by atoms with Crippen LogP contribution < -0.4 is 0 Å². The fourth-order valence-corrected chi connectivity index (χ4v) is 1.97. The van der Waals surface area contributed by atoms with E-state index < -0.39 is 11.9 Å². The van der Waals surface area contributed by atoms with E-state index in [1.54, 1.807) is 19.9 Å². The Morgan fingerprint density at radius 2 is 1.73 bits per heavy atom. The van der Waals surface area contributed by atoms with Crippen molar-refractivity contribution >= 4 is 11.9 Å². The third-order valence-corrected chi connectivity index (χ3v) is 2.95. The third kappa shape index (κ3) is 2.98. The van der Waals surface area contributed by atoms with E-state index in [1.807, 2.05) is 25.1 Å². The number of rotatable bonds is 5. The fraction of sp³-hybridized carbons (Fsp3) is 0.333. The van der Waals surface area contributed by atoms with Crippen LogP contribution >= 0.6 is 0 Å². The van der Waals surface area contributed by atoms with E-state index in [4.69, 9.17) is 9.47 Å². The van der Waals surface area contributed by atoms with Gasteiger partial charge in [-0.05, 0) is 32.4 Å². The van der Waals surface area contributed by atoms with Crippen molar-refractivity contribution in [1.82, 2.24) is 15.0 Å². The second-order valence-corrected chi connectivity index (χ2v) is 4.43. The number of aromatic nitrogens is 3. The minimum absolute atomic E-state index is 0.0328. The summed E-state index contributed by atoms with van der Waals surface area (Å²) >= 11 is 0. The smallest absolute Gasteiger partial charge is 0.361 e. The molecule has 0 spiro atoms. The highest BCUT2D eigenvalue weighted by Gasteiger charge is 2.28. The summed E-state index contributed by atoms with van der Waals surface area (Å²) in [5.74, 6) is -1.37. The first-order valence-electron chi connectivity index (χ1n) is 6.96. The molecule has 0 radical (unpaired) electrons. The number of para-hydroxylation sites is 1. The predicted octanol–water partition coefficient (Wildman–Crippen LogP) is 1.93. The minimum atomic E-state index is -0.703. The molecular weight excluding hydrogens is 286 g/mol. The number of nitrogens with zero attached hydrogens (tertiary/aromatic N) is 3. The van der Waals surface area contributed by atoms with Crippen molar-refractivity contribution in [2.45, 2.75) is 20.8 Å². The molecule has 0 bridgehead atoms. The lowest BCUT2D eigenvalue weighted by Gasteiger charge is -2.09. The maximum atomic E-state index is 12.2. The summed E-state index contributed by atoms with van der Waals surface area (Å²) in [6, 6.07) is 7.33. The molecule has 0 aliphatic rings. The van der Waals surface area contributed by atoms with Crippen LogP contribution in [0.5, 0.6) is 0 Å². The van der Waals surface area contributed by atoms with Gasteiger partial charge in [0.05, 0.1) is 18.9 Å². The van der Waals surface area contributed by atoms with Crippen LogP contribution in [0, 0.1) is 6.92 Å². The summed E-state index contributed by atoms with van der Waals surface area (Å²) in [4.78, 5) is 24.2. The van der Waals surface area contributed by atoms with Gasteiger partial charge in [0.1, 0.15) is 0 Å². The van der Waals surface area contributed by atoms with Gasteiger partial charge >= 0.3 is 11.9 Å². The zero-order valence-electron chi connectivity index (χ0n) is 12.7. The summed E-state index contributed by atoms with van der Waals surface area (Å²) < 4.78 is 11.2. The molecule has 22 heavy (non-hydrogen) atoms. The highest BCUT2D eigenvalue weighted by molar-refractivity contribution is 6.00. The molecule has 0 aliphatic carbocycles. The molecule has 0 aliphatic heterocycles. The quantitative estimate of drug-likeness (QED) is 0.785. The molecule has 116 valence electrons. The van der Waals surface area contributed by atoms with Crippen molar-refractivity contribution in [1.29, 1.82) is 0 Å². The maximum absolute atomic E-state index is 12.2. The monoisotopic (exact) mass is 303 g/mol. The molecule has 0 atom stereocenters. The number of hydrogen-bond acceptors (Lipinski definition) is 6. The van der Waals surface area contributed by atoms with Crippen molar-refractivity contribution in [3.8, 4) is 5.69 Å². The van der Waals surface area contributed by atoms with E-state index in [9.17, 15) is 9.59 Å². The number of ether oxygens (including phenoxy) is 2. The van der Waals surface area contributed by atoms with Gasteiger partial charge in [0, 0.05) is 0 Å². The first kappa shape index (κ1) is 15.7. The highest BCUT2D eigenvalue weighted by atomic mass is 16.5. The summed E-state index contributed by atoms with van der Waals surface area (Å²) in [5.41, 5.74) is 1.35. The standard InChI is InChI=1S/C15H17N3O4/c1-4-21-14(19)12-13(15(20)22-5-2)18(17-16-12)11-9-7-6-8-10(11)3/h6-9H,4-5H2,1-3H3. The Morgan fingerprint density at radius 1 is 1.09 bits per heavy atom. The van der Waals surface area contributed by atoms with Gasteiger partial charge < -0.3 is 9.47 Å². The van der Waals surface area contributed by atoms with Crippen molar-refractivity contribution in [2.75, 3.05) is 13.2 Å². The molecule has 2 rings (SSSR count). The molecular formula is C15H17N3O4. The van der Waals surface area contributed by atoms with Gasteiger partial charge in [-0.1, -0.05) is 23.4 Å². The Labute approximate surface area is 127 Å². The molecule has 1 aromatic heterocycles. The molecule has 1 aromatic carbocycles. The second-order valence-electron chi connectivity index (χ2n) is 4.43. The molecule has 0 N–H and O–H groups in total. The molecule has 0 saturated carbocycles. The normalized spacial score (nSPS) is 10.3. The Bertz CT molecular complexity index is 694. The average Bonchev–Trinajstić information content (AvgIpc) is 2.93. The Balaban J connectivity index is 2.58. The van der Waals surface area contributed by atoms with Crippen molar-refractivity contribution < 1.29 is 19.1 Å². The summed E-state index contributed by atoms with van der Waals surface area (Å²) in [6.45, 7) is 5.59. The van der Waals surface area contributed by atoms with Crippen LogP contribution in [-0.2, 0) is 9.47 Å². The lowest BCUT2D eigenvalue weighted by Crippen LogP contribution is -2.17. The first-order valence-corrected chi connectivity index (χ1v) is 6.96. The topological polar surface area (TPSA) is 83.3 Å². The number of carbonyl (C=O) groups excluding carboxylic acids is 2. The first-order chi connectivity index (χ1) is 10.6. The highest BCUT2D eigenvalue weighted by Crippen LogP contribution is 2.18. The van der Waals surface area contributed by atoms with Crippen LogP contribution in [0.25, 0.3) is 5.69 Å². The third-order valence-electron chi connectivity index (χ3n) is 2.95. The average molecular weight is 303 g/mol. The number of benzene rings is 1. The van der Waals surface area contributed by atoms with E-state index >= 15 is 0 Å². The lowest BCUT2D eigenvalue weighted by atomic mass is 10.2. The van der Waals surface area contributed by atoms with Gasteiger partial charge in [-0.3, -0.25) is 0 Å². The van der Waals surface area contributed by atoms with E-state index in [0.29, 0.717) is 5.69 Å². The summed E-state index contributed by atoms with van der Waals surface area (Å²) in [6.07, 6.45) is 0. The summed E-state index contributed by atoms with van der Waals surface area (Å²) in [5, 5.41) is 7.71. The van der Waals surface area contributed by atoms with Crippen molar-refractivity contribution in [3.05, 3.63) is 41.2 Å². The van der Waals surface area contributed by atoms with Crippen LogP contribution in [0.3, 0.4) is 0 Å². The van der Waals surface area contributed by atoms with E-state index in [1.165, 1.54) is 4.68 Å².